The number of nitrogens with one attached hydrogen (secondary N) is 1. The Morgan fingerprint density at radius 1 is 1.67 bits per heavy atom. The molecule has 0 radical (unpaired) electrons. The highest BCUT2D eigenvalue weighted by Crippen LogP contribution is 2.31. The zero-order chi connectivity index (χ0) is 13.2. The molecule has 0 aromatic carbocycles. The maximum Gasteiger partial charge on any atom is 0.245 e. The molecule has 2 rings (SSSR count). The lowest BCUT2D eigenvalue weighted by Crippen LogP contribution is -2.53. The second kappa shape index (κ2) is 5.36. The summed E-state index contributed by atoms with van der Waals surface area (Å²) in [4.78, 5) is 16.4. The maximum absolute atomic E-state index is 12.3. The van der Waals surface area contributed by atoms with E-state index in [0.29, 0.717) is 11.7 Å². The molecule has 1 amide bonds. The van der Waals surface area contributed by atoms with Crippen molar-refractivity contribution in [2.45, 2.75) is 38.1 Å². The number of rotatable bonds is 2. The van der Waals surface area contributed by atoms with Crippen LogP contribution < -0.4 is 11.1 Å². The minimum Gasteiger partial charge on any atom is -0.317 e. The molecule has 98 valence electrons. The SMILES string of the molecule is CC1CCCC(N)(C(=O)Nc2ncccc2Br)C1. The topological polar surface area (TPSA) is 68.0 Å². The van der Waals surface area contributed by atoms with Gasteiger partial charge in [0.05, 0.1) is 10.0 Å². The lowest BCUT2D eigenvalue weighted by molar-refractivity contribution is -0.122. The quantitative estimate of drug-likeness (QED) is 0.882. The van der Waals surface area contributed by atoms with E-state index in [2.05, 4.69) is 33.2 Å². The van der Waals surface area contributed by atoms with Crippen molar-refractivity contribution in [1.29, 1.82) is 0 Å². The summed E-state index contributed by atoms with van der Waals surface area (Å²) < 4.78 is 0.769. The van der Waals surface area contributed by atoms with Crippen LogP contribution in [0.2, 0.25) is 0 Å². The molecule has 0 aliphatic heterocycles. The van der Waals surface area contributed by atoms with E-state index >= 15 is 0 Å². The molecular formula is C13H18BrN3O. The number of nitrogens with two attached hydrogens (primary N) is 1. The molecular weight excluding hydrogens is 294 g/mol. The van der Waals surface area contributed by atoms with Gasteiger partial charge >= 0.3 is 0 Å². The monoisotopic (exact) mass is 311 g/mol. The number of halogens is 1. The van der Waals surface area contributed by atoms with Gasteiger partial charge in [0.1, 0.15) is 5.82 Å². The number of nitrogens with zero attached hydrogens (tertiary/aromatic N) is 1. The standard InChI is InChI=1S/C13H18BrN3O/c1-9-4-2-6-13(15,8-9)12(18)17-11-10(14)5-3-7-16-11/h3,5,7,9H,2,4,6,8,15H2,1H3,(H,16,17,18). The van der Waals surface area contributed by atoms with E-state index < -0.39 is 5.54 Å². The van der Waals surface area contributed by atoms with Crippen LogP contribution in [-0.4, -0.2) is 16.4 Å². The largest absolute Gasteiger partial charge is 0.317 e. The van der Waals surface area contributed by atoms with Crippen LogP contribution in [0.1, 0.15) is 32.6 Å². The van der Waals surface area contributed by atoms with E-state index in [1.807, 2.05) is 6.07 Å². The van der Waals surface area contributed by atoms with Gasteiger partial charge in [0.2, 0.25) is 5.91 Å². The number of hydrogen-bond acceptors (Lipinski definition) is 3. The Balaban J connectivity index is 2.10. The molecule has 1 fully saturated rings. The van der Waals surface area contributed by atoms with Gasteiger partial charge in [-0.15, -0.1) is 0 Å². The second-order valence-electron chi connectivity index (χ2n) is 5.15. The van der Waals surface area contributed by atoms with Gasteiger partial charge in [-0.3, -0.25) is 4.79 Å². The second-order valence-corrected chi connectivity index (χ2v) is 6.00. The number of aromatic nitrogens is 1. The number of pyridine rings is 1. The third kappa shape index (κ3) is 2.90. The van der Waals surface area contributed by atoms with Crippen LogP contribution >= 0.6 is 15.9 Å². The third-order valence-corrected chi connectivity index (χ3v) is 4.12. The van der Waals surface area contributed by atoms with E-state index in [1.165, 1.54) is 0 Å². The average Bonchev–Trinajstić information content (AvgIpc) is 2.31. The van der Waals surface area contributed by atoms with Gasteiger partial charge in [-0.1, -0.05) is 19.8 Å². The first-order valence-corrected chi connectivity index (χ1v) is 7.01. The first-order chi connectivity index (χ1) is 8.51. The number of hydrogen-bond donors (Lipinski definition) is 2. The average molecular weight is 312 g/mol. The minimum absolute atomic E-state index is 0.131. The van der Waals surface area contributed by atoms with Crippen molar-refractivity contribution in [3.8, 4) is 0 Å². The van der Waals surface area contributed by atoms with Crippen molar-refractivity contribution in [1.82, 2.24) is 4.98 Å². The Bertz CT molecular complexity index is 452. The van der Waals surface area contributed by atoms with Crippen molar-refractivity contribution in [2.24, 2.45) is 11.7 Å². The van der Waals surface area contributed by atoms with Crippen molar-refractivity contribution < 1.29 is 4.79 Å². The molecule has 1 aliphatic carbocycles. The van der Waals surface area contributed by atoms with E-state index in [1.54, 1.807) is 12.3 Å². The Labute approximate surface area is 115 Å². The first kappa shape index (κ1) is 13.5. The van der Waals surface area contributed by atoms with E-state index in [-0.39, 0.29) is 5.91 Å². The number of carbonyl (C=O) groups is 1. The Kier molecular flexibility index (Phi) is 4.02. The van der Waals surface area contributed by atoms with Crippen LogP contribution in [0.25, 0.3) is 0 Å². The molecule has 4 nitrogen and oxygen atoms in total. The summed E-state index contributed by atoms with van der Waals surface area (Å²) in [6.07, 6.45) is 5.29. The van der Waals surface area contributed by atoms with Crippen LogP contribution in [0, 0.1) is 5.92 Å². The highest BCUT2D eigenvalue weighted by Gasteiger charge is 2.38. The fraction of sp³-hybridized carbons (Fsp3) is 0.538. The summed E-state index contributed by atoms with van der Waals surface area (Å²) in [5.74, 6) is 0.903. The molecule has 0 saturated heterocycles. The van der Waals surface area contributed by atoms with Gasteiger partial charge in [0, 0.05) is 6.20 Å². The number of anilines is 1. The predicted molar refractivity (Wildman–Crippen MR) is 75.1 cm³/mol. The Hall–Kier alpha value is -0.940. The molecule has 18 heavy (non-hydrogen) atoms. The molecule has 2 atom stereocenters. The molecule has 1 aromatic heterocycles. The maximum atomic E-state index is 12.3. The Morgan fingerprint density at radius 3 is 3.11 bits per heavy atom. The smallest absolute Gasteiger partial charge is 0.245 e. The van der Waals surface area contributed by atoms with Crippen molar-refractivity contribution in [3.05, 3.63) is 22.8 Å². The minimum atomic E-state index is -0.755. The lowest BCUT2D eigenvalue weighted by Gasteiger charge is -2.35. The summed E-state index contributed by atoms with van der Waals surface area (Å²) in [7, 11) is 0. The summed E-state index contributed by atoms with van der Waals surface area (Å²) in [6.45, 7) is 2.14. The fourth-order valence-electron chi connectivity index (χ4n) is 2.51. The zero-order valence-electron chi connectivity index (χ0n) is 10.4. The fourth-order valence-corrected chi connectivity index (χ4v) is 2.86. The van der Waals surface area contributed by atoms with Gasteiger partial charge in [0.25, 0.3) is 0 Å². The summed E-state index contributed by atoms with van der Waals surface area (Å²) >= 11 is 3.36. The molecule has 3 N–H and O–H groups in total. The zero-order valence-corrected chi connectivity index (χ0v) is 12.0. The molecule has 0 bridgehead atoms. The van der Waals surface area contributed by atoms with E-state index in [0.717, 1.165) is 30.2 Å². The van der Waals surface area contributed by atoms with Crippen LogP contribution in [0.4, 0.5) is 5.82 Å². The lowest BCUT2D eigenvalue weighted by atomic mass is 9.76. The molecule has 2 unspecified atom stereocenters. The summed E-state index contributed by atoms with van der Waals surface area (Å²) in [5, 5.41) is 2.82. The molecule has 1 heterocycles. The van der Waals surface area contributed by atoms with Gasteiger partial charge in [-0.05, 0) is 46.8 Å². The number of amides is 1. The summed E-state index contributed by atoms with van der Waals surface area (Å²) in [5.41, 5.74) is 5.48. The van der Waals surface area contributed by atoms with Crippen LogP contribution in [0.15, 0.2) is 22.8 Å². The number of carbonyl (C=O) groups excluding carboxylic acids is 1. The first-order valence-electron chi connectivity index (χ1n) is 6.22. The van der Waals surface area contributed by atoms with Gasteiger partial charge in [0.15, 0.2) is 0 Å². The van der Waals surface area contributed by atoms with Crippen molar-refractivity contribution >= 4 is 27.7 Å². The molecule has 1 aromatic rings. The molecule has 1 saturated carbocycles. The molecule has 0 spiro atoms. The molecule has 1 aliphatic rings. The van der Waals surface area contributed by atoms with E-state index in [4.69, 9.17) is 5.73 Å². The van der Waals surface area contributed by atoms with Gasteiger partial charge in [-0.25, -0.2) is 4.98 Å². The highest BCUT2D eigenvalue weighted by molar-refractivity contribution is 9.10. The van der Waals surface area contributed by atoms with Crippen molar-refractivity contribution in [2.75, 3.05) is 5.32 Å². The predicted octanol–water partition coefficient (Wildman–Crippen LogP) is 2.69. The van der Waals surface area contributed by atoms with Crippen LogP contribution in [0.5, 0.6) is 0 Å². The van der Waals surface area contributed by atoms with Crippen LogP contribution in [-0.2, 0) is 4.79 Å². The Morgan fingerprint density at radius 2 is 2.44 bits per heavy atom. The summed E-state index contributed by atoms with van der Waals surface area (Å²) in [6, 6.07) is 3.65. The normalized spacial score (nSPS) is 27.8. The van der Waals surface area contributed by atoms with Crippen molar-refractivity contribution in [3.63, 3.8) is 0 Å². The van der Waals surface area contributed by atoms with Crippen LogP contribution in [0.3, 0.4) is 0 Å². The van der Waals surface area contributed by atoms with E-state index in [9.17, 15) is 4.79 Å². The van der Waals surface area contributed by atoms with Gasteiger partial charge in [-0.2, -0.15) is 0 Å². The molecule has 5 heteroatoms. The van der Waals surface area contributed by atoms with Gasteiger partial charge < -0.3 is 11.1 Å². The third-order valence-electron chi connectivity index (χ3n) is 3.48. The highest BCUT2D eigenvalue weighted by atomic mass is 79.9.